The molecule has 1 aromatic heterocycles. The molecule has 0 aliphatic rings. The van der Waals surface area contributed by atoms with Gasteiger partial charge in [-0.1, -0.05) is 35.9 Å². The first-order chi connectivity index (χ1) is 12.0. The number of carbonyl (C=O) groups excluding carboxylic acids is 1. The molecule has 6 nitrogen and oxygen atoms in total. The van der Waals surface area contributed by atoms with Crippen LogP contribution in [0, 0.1) is 6.92 Å². The van der Waals surface area contributed by atoms with Crippen LogP contribution in [0.2, 0.25) is 0 Å². The number of thioether (sulfide) groups is 1. The molecule has 2 aromatic carbocycles. The van der Waals surface area contributed by atoms with Crippen molar-refractivity contribution in [3.05, 3.63) is 70.6 Å². The van der Waals surface area contributed by atoms with E-state index in [4.69, 9.17) is 4.52 Å². The highest BCUT2D eigenvalue weighted by Gasteiger charge is 2.28. The molecule has 1 heterocycles. The van der Waals surface area contributed by atoms with Crippen LogP contribution in [0.25, 0.3) is 5.69 Å². The van der Waals surface area contributed by atoms with Gasteiger partial charge in [0.25, 0.3) is 0 Å². The fourth-order valence-corrected chi connectivity index (χ4v) is 3.10. The Bertz CT molecular complexity index is 917. The largest absolute Gasteiger partial charge is 0.442 e. The first kappa shape index (κ1) is 17.0. The van der Waals surface area contributed by atoms with Gasteiger partial charge in [0.2, 0.25) is 11.6 Å². The molecule has 0 aliphatic heterocycles. The summed E-state index contributed by atoms with van der Waals surface area (Å²) in [4.78, 5) is 24.4. The first-order valence-electron chi connectivity index (χ1n) is 7.78. The predicted octanol–water partition coefficient (Wildman–Crippen LogP) is 2.67. The maximum absolute atomic E-state index is 12.4. The van der Waals surface area contributed by atoms with Gasteiger partial charge in [-0.2, -0.15) is 0 Å². The number of anilines is 1. The van der Waals surface area contributed by atoms with Crippen molar-refractivity contribution in [3.63, 3.8) is 0 Å². The number of H-pyrrole nitrogens is 1. The molecule has 1 amide bonds. The summed E-state index contributed by atoms with van der Waals surface area (Å²) >= 11 is 1.14. The Morgan fingerprint density at radius 3 is 2.52 bits per heavy atom. The van der Waals surface area contributed by atoms with Gasteiger partial charge in [-0.15, -0.1) is 0 Å². The summed E-state index contributed by atoms with van der Waals surface area (Å²) in [6.45, 7) is 3.73. The van der Waals surface area contributed by atoms with E-state index in [1.54, 1.807) is 6.92 Å². The van der Waals surface area contributed by atoms with Crippen molar-refractivity contribution < 1.29 is 14.0 Å². The summed E-state index contributed by atoms with van der Waals surface area (Å²) in [5.74, 6) is -0.186. The Hall–Kier alpha value is -2.80. The van der Waals surface area contributed by atoms with Crippen LogP contribution in [0.4, 0.5) is 5.69 Å². The van der Waals surface area contributed by atoms with Crippen LogP contribution < -0.4 is 15.6 Å². The van der Waals surface area contributed by atoms with Crippen LogP contribution in [0.5, 0.6) is 0 Å². The van der Waals surface area contributed by atoms with Gasteiger partial charge in [0, 0.05) is 17.8 Å². The zero-order valence-electron chi connectivity index (χ0n) is 13.9. The number of amides is 1. The van der Waals surface area contributed by atoms with Crippen LogP contribution in [0.15, 0.2) is 68.9 Å². The molecule has 0 radical (unpaired) electrons. The second kappa shape index (κ2) is 7.40. The fraction of sp³-hybridized carbons (Fsp3) is 0.167. The van der Waals surface area contributed by atoms with E-state index in [2.05, 4.69) is 10.6 Å². The molecule has 7 heteroatoms. The highest BCUT2D eigenvalue weighted by Crippen LogP contribution is 2.20. The minimum Gasteiger partial charge on any atom is -0.325 e. The predicted molar refractivity (Wildman–Crippen MR) is 96.0 cm³/mol. The van der Waals surface area contributed by atoms with Crippen molar-refractivity contribution in [1.29, 1.82) is 0 Å². The lowest BCUT2D eigenvalue weighted by atomic mass is 10.2. The van der Waals surface area contributed by atoms with Gasteiger partial charge in [-0.3, -0.25) is 9.32 Å². The molecule has 0 bridgehead atoms. The lowest BCUT2D eigenvalue weighted by Gasteiger charge is -2.09. The normalized spacial score (nSPS) is 11.9. The maximum Gasteiger partial charge on any atom is 0.442 e. The summed E-state index contributed by atoms with van der Waals surface area (Å²) < 4.78 is 6.42. The van der Waals surface area contributed by atoms with E-state index < -0.39 is 10.9 Å². The van der Waals surface area contributed by atoms with E-state index in [1.807, 2.05) is 61.5 Å². The number of hydrogen-bond donors (Lipinski definition) is 2. The molecular formula is C18H18N3O3S+. The number of nitrogens with one attached hydrogen (secondary N) is 2. The van der Waals surface area contributed by atoms with Crippen LogP contribution in [0.1, 0.15) is 12.5 Å². The second-order valence-electron chi connectivity index (χ2n) is 5.57. The van der Waals surface area contributed by atoms with Crippen molar-refractivity contribution >= 4 is 23.4 Å². The molecule has 128 valence electrons. The van der Waals surface area contributed by atoms with E-state index >= 15 is 0 Å². The molecule has 1 unspecified atom stereocenters. The Morgan fingerprint density at radius 2 is 1.84 bits per heavy atom. The van der Waals surface area contributed by atoms with Crippen molar-refractivity contribution in [2.75, 3.05) is 5.32 Å². The number of para-hydroxylation sites is 1. The number of rotatable bonds is 5. The molecule has 0 spiro atoms. The topological polar surface area (TPSA) is 79.0 Å². The highest BCUT2D eigenvalue weighted by atomic mass is 32.2. The minimum absolute atomic E-state index is 0.186. The third kappa shape index (κ3) is 4.00. The minimum atomic E-state index is -0.510. The first-order valence-corrected chi connectivity index (χ1v) is 8.65. The number of carbonyl (C=O) groups is 1. The van der Waals surface area contributed by atoms with Crippen molar-refractivity contribution in [1.82, 2.24) is 5.27 Å². The van der Waals surface area contributed by atoms with Gasteiger partial charge in [0.15, 0.2) is 0 Å². The van der Waals surface area contributed by atoms with Crippen molar-refractivity contribution in [2.45, 2.75) is 24.1 Å². The Balaban J connectivity index is 1.76. The molecule has 0 saturated heterocycles. The smallest absolute Gasteiger partial charge is 0.325 e. The maximum atomic E-state index is 12.4. The molecule has 25 heavy (non-hydrogen) atoms. The standard InChI is InChI=1S/C18H17N3O3S/c1-12-8-10-14(11-9-12)19-16(22)13(2)25-17-18(23)24-20-21(17)15-6-4-3-5-7-15/h3-11,13H,1-2H3,(H-,19,20,22,23)/p+1. The van der Waals surface area contributed by atoms with E-state index in [-0.39, 0.29) is 5.91 Å². The summed E-state index contributed by atoms with van der Waals surface area (Å²) in [5.41, 5.74) is 2.08. The number of benzene rings is 2. The summed E-state index contributed by atoms with van der Waals surface area (Å²) in [7, 11) is 0. The summed E-state index contributed by atoms with van der Waals surface area (Å²) in [6, 6.07) is 16.8. The zero-order valence-corrected chi connectivity index (χ0v) is 14.7. The molecule has 0 aliphatic carbocycles. The Kier molecular flexibility index (Phi) is 5.04. The average Bonchev–Trinajstić information content (AvgIpc) is 2.98. The molecule has 3 aromatic rings. The summed E-state index contributed by atoms with van der Waals surface area (Å²) in [5, 5.41) is 5.26. The van der Waals surface area contributed by atoms with E-state index in [0.717, 1.165) is 28.7 Å². The molecule has 1 atom stereocenters. The second-order valence-corrected chi connectivity index (χ2v) is 6.90. The van der Waals surface area contributed by atoms with Gasteiger partial charge in [-0.05, 0) is 47.7 Å². The SMILES string of the molecule is Cc1ccc(NC(=O)C(C)Sc2c(=O)o[nH][n+]2-c2ccccc2)cc1. The third-order valence-electron chi connectivity index (χ3n) is 3.60. The van der Waals surface area contributed by atoms with Crippen molar-refractivity contribution in [2.24, 2.45) is 0 Å². The van der Waals surface area contributed by atoms with Gasteiger partial charge in [0.1, 0.15) is 0 Å². The Labute approximate surface area is 148 Å². The Morgan fingerprint density at radius 1 is 1.16 bits per heavy atom. The van der Waals surface area contributed by atoms with Gasteiger partial charge in [-0.25, -0.2) is 4.79 Å². The summed E-state index contributed by atoms with van der Waals surface area (Å²) in [6.07, 6.45) is 0. The third-order valence-corrected chi connectivity index (χ3v) is 4.74. The van der Waals surface area contributed by atoms with E-state index in [0.29, 0.717) is 5.03 Å². The average molecular weight is 356 g/mol. The molecule has 2 N–H and O–H groups in total. The van der Waals surface area contributed by atoms with Gasteiger partial charge < -0.3 is 5.32 Å². The number of hydrogen-bond acceptors (Lipinski definition) is 4. The monoisotopic (exact) mass is 356 g/mol. The van der Waals surface area contributed by atoms with Crippen molar-refractivity contribution in [3.8, 4) is 5.69 Å². The molecule has 0 saturated carbocycles. The number of aromatic amines is 1. The molecular weight excluding hydrogens is 338 g/mol. The van der Waals surface area contributed by atoms with E-state index in [9.17, 15) is 9.59 Å². The van der Waals surface area contributed by atoms with Crippen LogP contribution in [-0.4, -0.2) is 16.4 Å². The zero-order chi connectivity index (χ0) is 17.8. The van der Waals surface area contributed by atoms with E-state index in [1.165, 1.54) is 4.68 Å². The number of aryl methyl sites for hydroxylation is 1. The lowest BCUT2D eigenvalue weighted by Crippen LogP contribution is -2.37. The van der Waals surface area contributed by atoms with Gasteiger partial charge in [0.05, 0.1) is 5.25 Å². The van der Waals surface area contributed by atoms with Crippen LogP contribution in [0.3, 0.4) is 0 Å². The van der Waals surface area contributed by atoms with Gasteiger partial charge >= 0.3 is 10.7 Å². The highest BCUT2D eigenvalue weighted by molar-refractivity contribution is 8.00. The number of aromatic nitrogens is 2. The lowest BCUT2D eigenvalue weighted by molar-refractivity contribution is -0.704. The number of nitrogens with zero attached hydrogens (tertiary/aromatic N) is 1. The molecule has 0 fully saturated rings. The quantitative estimate of drug-likeness (QED) is 0.544. The van der Waals surface area contributed by atoms with Crippen LogP contribution >= 0.6 is 11.8 Å². The van der Waals surface area contributed by atoms with Crippen LogP contribution in [-0.2, 0) is 4.79 Å². The molecule has 3 rings (SSSR count). The fourth-order valence-electron chi connectivity index (χ4n) is 2.21.